The van der Waals surface area contributed by atoms with E-state index in [1.165, 1.54) is 0 Å². The van der Waals surface area contributed by atoms with Gasteiger partial charge in [-0.05, 0) is 61.2 Å². The molecule has 0 heterocycles. The fourth-order valence-corrected chi connectivity index (χ4v) is 3.39. The Morgan fingerprint density at radius 3 is 2.38 bits per heavy atom. The van der Waals surface area contributed by atoms with Gasteiger partial charge in [0.05, 0.1) is 19.6 Å². The van der Waals surface area contributed by atoms with E-state index in [4.69, 9.17) is 9.47 Å². The van der Waals surface area contributed by atoms with Gasteiger partial charge in [0, 0.05) is 10.2 Å². The van der Waals surface area contributed by atoms with Crippen molar-refractivity contribution in [1.29, 1.82) is 0 Å². The lowest BCUT2D eigenvalue weighted by atomic mass is 9.94. The van der Waals surface area contributed by atoms with Crippen molar-refractivity contribution in [3.63, 3.8) is 0 Å². The van der Waals surface area contributed by atoms with Gasteiger partial charge >= 0.3 is 0 Å². The second-order valence-corrected chi connectivity index (χ2v) is 6.98. The number of nitrogens with one attached hydrogen (secondary N) is 1. The van der Waals surface area contributed by atoms with Crippen LogP contribution in [0.2, 0.25) is 0 Å². The Bertz CT molecular complexity index is 784. The van der Waals surface area contributed by atoms with Crippen molar-refractivity contribution in [3.05, 3.63) is 52.0 Å². The SMILES string of the molecule is COc1ccc(C2(C(=O)Nc3ccc(Br)cc3C)CC2)cc1OC. The highest BCUT2D eigenvalue weighted by atomic mass is 79.9. The number of hydrogen-bond acceptors (Lipinski definition) is 3. The molecule has 0 spiro atoms. The molecule has 0 unspecified atom stereocenters. The molecule has 1 fully saturated rings. The Labute approximate surface area is 150 Å². The van der Waals surface area contributed by atoms with Crippen molar-refractivity contribution in [1.82, 2.24) is 0 Å². The number of hydrogen-bond donors (Lipinski definition) is 1. The average Bonchev–Trinajstić information content (AvgIpc) is 3.38. The van der Waals surface area contributed by atoms with Gasteiger partial charge in [0.2, 0.25) is 5.91 Å². The van der Waals surface area contributed by atoms with Crippen LogP contribution in [0.3, 0.4) is 0 Å². The smallest absolute Gasteiger partial charge is 0.235 e. The van der Waals surface area contributed by atoms with E-state index < -0.39 is 5.41 Å². The summed E-state index contributed by atoms with van der Waals surface area (Å²) < 4.78 is 11.6. The van der Waals surface area contributed by atoms with Crippen molar-refractivity contribution in [2.45, 2.75) is 25.2 Å². The van der Waals surface area contributed by atoms with Gasteiger partial charge in [0.25, 0.3) is 0 Å². The van der Waals surface area contributed by atoms with Crippen molar-refractivity contribution < 1.29 is 14.3 Å². The third-order valence-electron chi connectivity index (χ3n) is 4.56. The van der Waals surface area contributed by atoms with E-state index >= 15 is 0 Å². The fraction of sp³-hybridized carbons (Fsp3) is 0.316. The van der Waals surface area contributed by atoms with Gasteiger partial charge in [-0.25, -0.2) is 0 Å². The summed E-state index contributed by atoms with van der Waals surface area (Å²) in [5.41, 5.74) is 2.36. The van der Waals surface area contributed by atoms with E-state index in [0.29, 0.717) is 11.5 Å². The molecule has 4 nitrogen and oxygen atoms in total. The number of rotatable bonds is 5. The number of anilines is 1. The Morgan fingerprint density at radius 1 is 1.08 bits per heavy atom. The van der Waals surface area contributed by atoms with Crippen LogP contribution in [0.5, 0.6) is 11.5 Å². The topological polar surface area (TPSA) is 47.6 Å². The van der Waals surface area contributed by atoms with Crippen LogP contribution in [-0.2, 0) is 10.2 Å². The second kappa shape index (κ2) is 6.48. The van der Waals surface area contributed by atoms with Crippen LogP contribution in [0, 0.1) is 6.92 Å². The molecule has 1 amide bonds. The largest absolute Gasteiger partial charge is 0.493 e. The monoisotopic (exact) mass is 389 g/mol. The molecule has 1 aliphatic carbocycles. The molecule has 5 heteroatoms. The molecule has 0 saturated heterocycles. The Kier molecular flexibility index (Phi) is 4.54. The highest BCUT2D eigenvalue weighted by Gasteiger charge is 2.51. The summed E-state index contributed by atoms with van der Waals surface area (Å²) in [6, 6.07) is 11.5. The molecular weight excluding hydrogens is 370 g/mol. The van der Waals surface area contributed by atoms with Gasteiger partial charge in [-0.3, -0.25) is 4.79 Å². The lowest BCUT2D eigenvalue weighted by Gasteiger charge is -2.18. The highest BCUT2D eigenvalue weighted by molar-refractivity contribution is 9.10. The predicted octanol–water partition coefficient (Wildman–Crippen LogP) is 4.45. The zero-order valence-electron chi connectivity index (χ0n) is 14.0. The second-order valence-electron chi connectivity index (χ2n) is 6.07. The van der Waals surface area contributed by atoms with Gasteiger partial charge in [0.15, 0.2) is 11.5 Å². The molecule has 0 aliphatic heterocycles. The molecule has 1 N–H and O–H groups in total. The summed E-state index contributed by atoms with van der Waals surface area (Å²) in [6.45, 7) is 1.98. The molecule has 1 aliphatic rings. The first-order valence-electron chi connectivity index (χ1n) is 7.80. The number of amides is 1. The van der Waals surface area contributed by atoms with E-state index in [-0.39, 0.29) is 5.91 Å². The maximum Gasteiger partial charge on any atom is 0.235 e. The highest BCUT2D eigenvalue weighted by Crippen LogP contribution is 2.50. The molecule has 0 aromatic heterocycles. The van der Waals surface area contributed by atoms with Crippen molar-refractivity contribution in [2.24, 2.45) is 0 Å². The minimum Gasteiger partial charge on any atom is -0.493 e. The Hall–Kier alpha value is -2.01. The number of carbonyl (C=O) groups excluding carboxylic acids is 1. The van der Waals surface area contributed by atoms with E-state index in [2.05, 4.69) is 21.2 Å². The number of ether oxygens (including phenoxy) is 2. The third-order valence-corrected chi connectivity index (χ3v) is 5.05. The summed E-state index contributed by atoms with van der Waals surface area (Å²) >= 11 is 3.44. The third kappa shape index (κ3) is 3.00. The first-order valence-corrected chi connectivity index (χ1v) is 8.59. The molecular formula is C19H20BrNO3. The molecule has 126 valence electrons. The van der Waals surface area contributed by atoms with Crippen LogP contribution in [0.25, 0.3) is 0 Å². The van der Waals surface area contributed by atoms with Crippen LogP contribution in [-0.4, -0.2) is 20.1 Å². The van der Waals surface area contributed by atoms with Crippen LogP contribution in [0.4, 0.5) is 5.69 Å². The van der Waals surface area contributed by atoms with Crippen molar-refractivity contribution >= 4 is 27.5 Å². The molecule has 0 atom stereocenters. The molecule has 2 aromatic carbocycles. The minimum atomic E-state index is -0.473. The zero-order chi connectivity index (χ0) is 17.3. The van der Waals surface area contributed by atoms with Crippen LogP contribution in [0.1, 0.15) is 24.0 Å². The minimum absolute atomic E-state index is 0.0279. The number of halogens is 1. The summed E-state index contributed by atoms with van der Waals surface area (Å²) in [5, 5.41) is 3.07. The standard InChI is InChI=1S/C19H20BrNO3/c1-12-10-14(20)5-6-15(12)21-18(22)19(8-9-19)13-4-7-16(23-2)17(11-13)24-3/h4-7,10-11H,8-9H2,1-3H3,(H,21,22). The van der Waals surface area contributed by atoms with E-state index in [0.717, 1.165) is 34.1 Å². The zero-order valence-corrected chi connectivity index (χ0v) is 15.6. The molecule has 0 radical (unpaired) electrons. The Balaban J connectivity index is 1.86. The first-order chi connectivity index (χ1) is 11.5. The lowest BCUT2D eigenvalue weighted by molar-refractivity contribution is -0.118. The summed E-state index contributed by atoms with van der Waals surface area (Å²) in [5.74, 6) is 1.34. The number of carbonyl (C=O) groups is 1. The Morgan fingerprint density at radius 2 is 1.79 bits per heavy atom. The van der Waals surface area contributed by atoms with E-state index in [9.17, 15) is 4.79 Å². The van der Waals surface area contributed by atoms with Gasteiger partial charge in [-0.2, -0.15) is 0 Å². The van der Waals surface area contributed by atoms with Crippen LogP contribution < -0.4 is 14.8 Å². The van der Waals surface area contributed by atoms with Crippen LogP contribution >= 0.6 is 15.9 Å². The van der Waals surface area contributed by atoms with Gasteiger partial charge in [0.1, 0.15) is 0 Å². The normalized spacial score (nSPS) is 14.8. The lowest BCUT2D eigenvalue weighted by Crippen LogP contribution is -2.28. The summed E-state index contributed by atoms with van der Waals surface area (Å²) in [7, 11) is 3.21. The maximum atomic E-state index is 12.9. The van der Waals surface area contributed by atoms with Gasteiger partial charge < -0.3 is 14.8 Å². The molecule has 3 rings (SSSR count). The maximum absolute atomic E-state index is 12.9. The van der Waals surface area contributed by atoms with Gasteiger partial charge in [-0.1, -0.05) is 22.0 Å². The molecule has 2 aromatic rings. The van der Waals surface area contributed by atoms with Crippen molar-refractivity contribution in [3.8, 4) is 11.5 Å². The predicted molar refractivity (Wildman–Crippen MR) is 98.0 cm³/mol. The molecule has 24 heavy (non-hydrogen) atoms. The molecule has 0 bridgehead atoms. The summed E-state index contributed by atoms with van der Waals surface area (Å²) in [4.78, 5) is 12.9. The quantitative estimate of drug-likeness (QED) is 0.821. The van der Waals surface area contributed by atoms with Crippen LogP contribution in [0.15, 0.2) is 40.9 Å². The number of aryl methyl sites for hydroxylation is 1. The molecule has 1 saturated carbocycles. The number of methoxy groups -OCH3 is 2. The first kappa shape index (κ1) is 16.8. The number of benzene rings is 2. The summed E-state index contributed by atoms with van der Waals surface area (Å²) in [6.07, 6.45) is 1.67. The average molecular weight is 390 g/mol. The fourth-order valence-electron chi connectivity index (χ4n) is 2.92. The van der Waals surface area contributed by atoms with E-state index in [1.54, 1.807) is 14.2 Å². The van der Waals surface area contributed by atoms with E-state index in [1.807, 2.05) is 43.3 Å². The van der Waals surface area contributed by atoms with Crippen molar-refractivity contribution in [2.75, 3.05) is 19.5 Å². The van der Waals surface area contributed by atoms with Gasteiger partial charge in [-0.15, -0.1) is 0 Å².